The Labute approximate surface area is 123 Å². The van der Waals surface area contributed by atoms with Crippen molar-refractivity contribution in [2.24, 2.45) is 0 Å². The fourth-order valence-electron chi connectivity index (χ4n) is 1.95. The summed E-state index contributed by atoms with van der Waals surface area (Å²) < 4.78 is 5.02. The number of hydrogen-bond acceptors (Lipinski definition) is 4. The van der Waals surface area contributed by atoms with Crippen molar-refractivity contribution in [3.63, 3.8) is 0 Å². The molecule has 0 saturated carbocycles. The molecule has 1 heterocycles. The zero-order valence-electron chi connectivity index (χ0n) is 12.3. The second-order valence-corrected chi connectivity index (χ2v) is 4.73. The summed E-state index contributed by atoms with van der Waals surface area (Å²) in [7, 11) is 1.56. The molecule has 21 heavy (non-hydrogen) atoms. The van der Waals surface area contributed by atoms with Gasteiger partial charge in [0.2, 0.25) is 0 Å². The van der Waals surface area contributed by atoms with Crippen LogP contribution in [0.5, 0.6) is 0 Å². The van der Waals surface area contributed by atoms with Crippen molar-refractivity contribution in [1.29, 1.82) is 0 Å². The Morgan fingerprint density at radius 1 is 1.48 bits per heavy atom. The van der Waals surface area contributed by atoms with Crippen LogP contribution in [0.2, 0.25) is 0 Å². The molecule has 8 nitrogen and oxygen atoms in total. The van der Waals surface area contributed by atoms with Gasteiger partial charge in [-0.1, -0.05) is 13.3 Å². The fourth-order valence-corrected chi connectivity index (χ4v) is 1.95. The van der Waals surface area contributed by atoms with Crippen molar-refractivity contribution in [3.05, 3.63) is 18.2 Å². The Hall–Kier alpha value is -2.09. The third-order valence-corrected chi connectivity index (χ3v) is 2.92. The highest BCUT2D eigenvalue weighted by Crippen LogP contribution is 2.00. The Balaban J connectivity index is 2.53. The van der Waals surface area contributed by atoms with Crippen molar-refractivity contribution in [1.82, 2.24) is 20.6 Å². The summed E-state index contributed by atoms with van der Waals surface area (Å²) in [4.78, 5) is 29.7. The number of methoxy groups -OCH3 is 1. The van der Waals surface area contributed by atoms with E-state index in [9.17, 15) is 9.59 Å². The molecular formula is C13H22N4O4. The molecule has 1 rings (SSSR count). The number of hydrogen-bond donors (Lipinski definition) is 4. The summed E-state index contributed by atoms with van der Waals surface area (Å²) in [6.45, 7) is 2.39. The highest BCUT2D eigenvalue weighted by atomic mass is 16.5. The molecule has 0 spiro atoms. The summed E-state index contributed by atoms with van der Waals surface area (Å²) in [6, 6.07) is -1.67. The molecular weight excluding hydrogens is 276 g/mol. The summed E-state index contributed by atoms with van der Waals surface area (Å²) in [5.41, 5.74) is 0.643. The summed E-state index contributed by atoms with van der Waals surface area (Å²) in [5.74, 6) is -1.10. The van der Waals surface area contributed by atoms with Gasteiger partial charge in [-0.25, -0.2) is 14.6 Å². The van der Waals surface area contributed by atoms with E-state index in [1.807, 2.05) is 6.92 Å². The van der Waals surface area contributed by atoms with E-state index in [0.717, 1.165) is 12.8 Å². The quantitative estimate of drug-likeness (QED) is 0.530. The SMILES string of the molecule is CCCC(COC)NC(=O)N[C@H](Cc1cnc[nH]1)C(=O)O. The number of aromatic nitrogens is 2. The number of nitrogens with one attached hydrogen (secondary N) is 3. The number of H-pyrrole nitrogens is 1. The number of carboxylic acid groups (broad SMARTS) is 1. The van der Waals surface area contributed by atoms with E-state index < -0.39 is 18.0 Å². The van der Waals surface area contributed by atoms with Crippen LogP contribution in [-0.4, -0.2) is 52.9 Å². The molecule has 4 N–H and O–H groups in total. The van der Waals surface area contributed by atoms with Crippen LogP contribution >= 0.6 is 0 Å². The van der Waals surface area contributed by atoms with Crippen molar-refractivity contribution in [2.45, 2.75) is 38.3 Å². The van der Waals surface area contributed by atoms with Crippen LogP contribution in [0.4, 0.5) is 4.79 Å². The highest BCUT2D eigenvalue weighted by molar-refractivity contribution is 5.82. The summed E-state index contributed by atoms with van der Waals surface area (Å²) in [6.07, 6.45) is 4.79. The molecule has 1 aromatic heterocycles. The monoisotopic (exact) mass is 298 g/mol. The van der Waals surface area contributed by atoms with E-state index in [2.05, 4.69) is 20.6 Å². The molecule has 1 unspecified atom stereocenters. The predicted octanol–water partition coefficient (Wildman–Crippen LogP) is 0.520. The maximum absolute atomic E-state index is 11.9. The molecule has 0 aliphatic heterocycles. The van der Waals surface area contributed by atoms with Crippen molar-refractivity contribution >= 4 is 12.0 Å². The first-order valence-corrected chi connectivity index (χ1v) is 6.82. The van der Waals surface area contributed by atoms with Gasteiger partial charge in [0.1, 0.15) is 6.04 Å². The number of rotatable bonds is 9. The lowest BCUT2D eigenvalue weighted by atomic mass is 10.1. The van der Waals surface area contributed by atoms with Crippen molar-refractivity contribution in [3.8, 4) is 0 Å². The van der Waals surface area contributed by atoms with Crippen LogP contribution in [0.15, 0.2) is 12.5 Å². The number of imidazole rings is 1. The van der Waals surface area contributed by atoms with E-state index >= 15 is 0 Å². The van der Waals surface area contributed by atoms with Gasteiger partial charge in [0.15, 0.2) is 0 Å². The van der Waals surface area contributed by atoms with Gasteiger partial charge >= 0.3 is 12.0 Å². The molecule has 0 radical (unpaired) electrons. The van der Waals surface area contributed by atoms with Gasteiger partial charge in [0, 0.05) is 25.4 Å². The van der Waals surface area contributed by atoms with Crippen LogP contribution in [0, 0.1) is 0 Å². The smallest absolute Gasteiger partial charge is 0.326 e. The van der Waals surface area contributed by atoms with E-state index in [0.29, 0.717) is 12.3 Å². The van der Waals surface area contributed by atoms with Gasteiger partial charge in [-0.05, 0) is 6.42 Å². The molecule has 0 aliphatic carbocycles. The van der Waals surface area contributed by atoms with Gasteiger partial charge in [0.05, 0.1) is 19.0 Å². The maximum Gasteiger partial charge on any atom is 0.326 e. The lowest BCUT2D eigenvalue weighted by Crippen LogP contribution is -2.50. The average molecular weight is 298 g/mol. The number of carbonyl (C=O) groups excluding carboxylic acids is 1. The minimum Gasteiger partial charge on any atom is -0.480 e. The Morgan fingerprint density at radius 2 is 2.24 bits per heavy atom. The van der Waals surface area contributed by atoms with Crippen LogP contribution in [-0.2, 0) is 16.0 Å². The van der Waals surface area contributed by atoms with Crippen LogP contribution in [0.3, 0.4) is 0 Å². The molecule has 118 valence electrons. The number of aromatic amines is 1. The molecule has 2 atom stereocenters. The van der Waals surface area contributed by atoms with E-state index in [-0.39, 0.29) is 12.5 Å². The highest BCUT2D eigenvalue weighted by Gasteiger charge is 2.22. The van der Waals surface area contributed by atoms with E-state index in [4.69, 9.17) is 9.84 Å². The average Bonchev–Trinajstić information content (AvgIpc) is 2.91. The largest absolute Gasteiger partial charge is 0.480 e. The van der Waals surface area contributed by atoms with Crippen LogP contribution in [0.1, 0.15) is 25.5 Å². The second kappa shape index (κ2) is 8.96. The molecule has 0 bridgehead atoms. The lowest BCUT2D eigenvalue weighted by Gasteiger charge is -2.20. The van der Waals surface area contributed by atoms with Gasteiger partial charge in [-0.3, -0.25) is 0 Å². The van der Waals surface area contributed by atoms with E-state index in [1.54, 1.807) is 7.11 Å². The molecule has 0 aliphatic rings. The molecule has 0 aromatic carbocycles. The van der Waals surface area contributed by atoms with Gasteiger partial charge in [-0.2, -0.15) is 0 Å². The fraction of sp³-hybridized carbons (Fsp3) is 0.615. The first-order valence-electron chi connectivity index (χ1n) is 6.82. The van der Waals surface area contributed by atoms with Crippen LogP contribution in [0.25, 0.3) is 0 Å². The Kier molecular flexibility index (Phi) is 7.24. The third-order valence-electron chi connectivity index (χ3n) is 2.92. The number of nitrogens with zero attached hydrogens (tertiary/aromatic N) is 1. The standard InChI is InChI=1S/C13H22N4O4/c1-3-4-9(7-21-2)16-13(20)17-11(12(18)19)5-10-6-14-8-15-10/h6,8-9,11H,3-5,7H2,1-2H3,(H,14,15)(H,18,19)(H2,16,17,20)/t9?,11-/m1/s1. The van der Waals surface area contributed by atoms with Gasteiger partial charge in [0.25, 0.3) is 0 Å². The van der Waals surface area contributed by atoms with Crippen LogP contribution < -0.4 is 10.6 Å². The zero-order chi connectivity index (χ0) is 15.7. The van der Waals surface area contributed by atoms with Gasteiger partial charge in [-0.15, -0.1) is 0 Å². The zero-order valence-corrected chi connectivity index (χ0v) is 12.3. The molecule has 0 fully saturated rings. The normalized spacial score (nSPS) is 13.4. The number of carbonyl (C=O) groups is 2. The number of ether oxygens (including phenoxy) is 1. The number of carboxylic acids is 1. The topological polar surface area (TPSA) is 116 Å². The van der Waals surface area contributed by atoms with Crippen molar-refractivity contribution in [2.75, 3.05) is 13.7 Å². The number of aliphatic carboxylic acids is 1. The minimum absolute atomic E-state index is 0.137. The second-order valence-electron chi connectivity index (χ2n) is 4.73. The van der Waals surface area contributed by atoms with E-state index in [1.165, 1.54) is 12.5 Å². The molecule has 0 saturated heterocycles. The van der Waals surface area contributed by atoms with Crippen molar-refractivity contribution < 1.29 is 19.4 Å². The number of amides is 2. The predicted molar refractivity (Wildman–Crippen MR) is 76.0 cm³/mol. The molecule has 1 aromatic rings. The Bertz CT molecular complexity index is 429. The Morgan fingerprint density at radius 3 is 2.76 bits per heavy atom. The number of urea groups is 1. The first-order chi connectivity index (χ1) is 10.1. The maximum atomic E-state index is 11.9. The lowest BCUT2D eigenvalue weighted by molar-refractivity contribution is -0.139. The molecule has 8 heteroatoms. The minimum atomic E-state index is -1.10. The molecule has 2 amide bonds. The first kappa shape index (κ1) is 17.0. The van der Waals surface area contributed by atoms with Gasteiger partial charge < -0.3 is 25.5 Å². The third kappa shape index (κ3) is 6.26. The summed E-state index contributed by atoms with van der Waals surface area (Å²) >= 11 is 0. The summed E-state index contributed by atoms with van der Waals surface area (Å²) in [5, 5.41) is 14.3.